The third-order valence-electron chi connectivity index (χ3n) is 2.53. The minimum Gasteiger partial charge on any atom is -0.368 e. The molecule has 0 aliphatic carbocycles. The average Bonchev–Trinajstić information content (AvgIpc) is 2.33. The number of hydrogen-bond donors (Lipinski definition) is 2. The van der Waals surface area contributed by atoms with Crippen molar-refractivity contribution in [2.75, 3.05) is 18.4 Å². The summed E-state index contributed by atoms with van der Waals surface area (Å²) in [5.74, 6) is -2.44. The van der Waals surface area contributed by atoms with Gasteiger partial charge in [0.1, 0.15) is 5.82 Å². The standard InChI is InChI=1S/C13H19F2N3O/c1-9(2)12(19)17-7-6-16-11-5-4-10(8-18-11)13(3,14)15/h4-5,8-9H,6-7H2,1-3H3,(H,16,18)(H,17,19). The summed E-state index contributed by atoms with van der Waals surface area (Å²) in [5.41, 5.74) is -0.119. The molecule has 2 N–H and O–H groups in total. The topological polar surface area (TPSA) is 54.0 Å². The van der Waals surface area contributed by atoms with Gasteiger partial charge in [0.05, 0.1) is 0 Å². The molecule has 1 aromatic rings. The molecule has 6 heteroatoms. The van der Waals surface area contributed by atoms with E-state index in [4.69, 9.17) is 0 Å². The Labute approximate surface area is 111 Å². The number of carbonyl (C=O) groups excluding carboxylic acids is 1. The van der Waals surface area contributed by atoms with E-state index in [1.807, 2.05) is 13.8 Å². The Morgan fingerprint density at radius 3 is 2.53 bits per heavy atom. The van der Waals surface area contributed by atoms with Crippen molar-refractivity contribution in [1.29, 1.82) is 0 Å². The Bertz CT molecular complexity index is 413. The average molecular weight is 271 g/mol. The Morgan fingerprint density at radius 2 is 2.05 bits per heavy atom. The summed E-state index contributed by atoms with van der Waals surface area (Å²) >= 11 is 0. The Kier molecular flexibility index (Phi) is 5.20. The molecule has 1 rings (SSSR count). The number of nitrogens with zero attached hydrogens (tertiary/aromatic N) is 1. The fourth-order valence-electron chi connectivity index (χ4n) is 1.34. The van der Waals surface area contributed by atoms with E-state index in [9.17, 15) is 13.6 Å². The highest BCUT2D eigenvalue weighted by Crippen LogP contribution is 2.26. The molecule has 0 spiro atoms. The number of aromatic nitrogens is 1. The van der Waals surface area contributed by atoms with Crippen molar-refractivity contribution in [2.24, 2.45) is 5.92 Å². The van der Waals surface area contributed by atoms with E-state index >= 15 is 0 Å². The number of hydrogen-bond acceptors (Lipinski definition) is 3. The Balaban J connectivity index is 2.37. The minimum atomic E-state index is -2.88. The predicted molar refractivity (Wildman–Crippen MR) is 70.1 cm³/mol. The van der Waals surface area contributed by atoms with Crippen molar-refractivity contribution in [3.05, 3.63) is 23.9 Å². The van der Waals surface area contributed by atoms with Crippen molar-refractivity contribution in [3.63, 3.8) is 0 Å². The van der Waals surface area contributed by atoms with Crippen molar-refractivity contribution in [1.82, 2.24) is 10.3 Å². The summed E-state index contributed by atoms with van der Waals surface area (Å²) in [6.07, 6.45) is 1.15. The van der Waals surface area contributed by atoms with Crippen LogP contribution in [0, 0.1) is 5.92 Å². The molecular weight excluding hydrogens is 252 g/mol. The molecule has 1 aromatic heterocycles. The maximum absolute atomic E-state index is 12.9. The van der Waals surface area contributed by atoms with Crippen LogP contribution in [0.15, 0.2) is 18.3 Å². The molecule has 0 saturated heterocycles. The third-order valence-corrected chi connectivity index (χ3v) is 2.53. The van der Waals surface area contributed by atoms with Crippen molar-refractivity contribution in [2.45, 2.75) is 26.7 Å². The second kappa shape index (κ2) is 6.45. The van der Waals surface area contributed by atoms with Crippen LogP contribution >= 0.6 is 0 Å². The lowest BCUT2D eigenvalue weighted by Crippen LogP contribution is -2.31. The van der Waals surface area contributed by atoms with E-state index in [0.717, 1.165) is 13.1 Å². The van der Waals surface area contributed by atoms with Gasteiger partial charge in [0.25, 0.3) is 5.92 Å². The summed E-state index contributed by atoms with van der Waals surface area (Å²) in [5, 5.41) is 5.69. The SMILES string of the molecule is CC(C)C(=O)NCCNc1ccc(C(C)(F)F)cn1. The lowest BCUT2D eigenvalue weighted by Gasteiger charge is -2.11. The summed E-state index contributed by atoms with van der Waals surface area (Å²) in [7, 11) is 0. The smallest absolute Gasteiger partial charge is 0.272 e. The molecule has 1 heterocycles. The zero-order chi connectivity index (χ0) is 14.5. The van der Waals surface area contributed by atoms with E-state index in [1.165, 1.54) is 12.1 Å². The van der Waals surface area contributed by atoms with Crippen LogP contribution in [0.5, 0.6) is 0 Å². The molecule has 0 aliphatic heterocycles. The number of amides is 1. The molecule has 0 aromatic carbocycles. The zero-order valence-corrected chi connectivity index (χ0v) is 11.3. The van der Waals surface area contributed by atoms with Gasteiger partial charge in [-0.1, -0.05) is 13.8 Å². The molecule has 0 atom stereocenters. The second-order valence-corrected chi connectivity index (χ2v) is 4.69. The van der Waals surface area contributed by atoms with Gasteiger partial charge in [-0.2, -0.15) is 0 Å². The maximum Gasteiger partial charge on any atom is 0.272 e. The zero-order valence-electron chi connectivity index (χ0n) is 11.3. The van der Waals surface area contributed by atoms with Gasteiger partial charge < -0.3 is 10.6 Å². The van der Waals surface area contributed by atoms with Gasteiger partial charge in [0.15, 0.2) is 0 Å². The van der Waals surface area contributed by atoms with Crippen molar-refractivity contribution >= 4 is 11.7 Å². The van der Waals surface area contributed by atoms with Crippen LogP contribution in [0.4, 0.5) is 14.6 Å². The lowest BCUT2D eigenvalue weighted by atomic mass is 10.2. The first-order chi connectivity index (χ1) is 8.80. The second-order valence-electron chi connectivity index (χ2n) is 4.69. The number of anilines is 1. The van der Waals surface area contributed by atoms with Crippen LogP contribution in [0.1, 0.15) is 26.3 Å². The molecule has 106 valence electrons. The van der Waals surface area contributed by atoms with Crippen LogP contribution in [-0.2, 0) is 10.7 Å². The molecule has 4 nitrogen and oxygen atoms in total. The van der Waals surface area contributed by atoms with Crippen molar-refractivity contribution < 1.29 is 13.6 Å². The molecule has 0 saturated carbocycles. The highest BCUT2D eigenvalue weighted by Gasteiger charge is 2.24. The summed E-state index contributed by atoms with van der Waals surface area (Å²) in [6.45, 7) is 5.41. The van der Waals surface area contributed by atoms with Gasteiger partial charge in [0, 0.05) is 37.7 Å². The first-order valence-corrected chi connectivity index (χ1v) is 6.16. The molecule has 19 heavy (non-hydrogen) atoms. The largest absolute Gasteiger partial charge is 0.368 e. The van der Waals surface area contributed by atoms with E-state index in [0.29, 0.717) is 18.9 Å². The maximum atomic E-state index is 12.9. The van der Waals surface area contributed by atoms with Gasteiger partial charge in [0.2, 0.25) is 5.91 Å². The van der Waals surface area contributed by atoms with Crippen LogP contribution in [0.25, 0.3) is 0 Å². The van der Waals surface area contributed by atoms with E-state index in [2.05, 4.69) is 15.6 Å². The van der Waals surface area contributed by atoms with Gasteiger partial charge >= 0.3 is 0 Å². The minimum absolute atomic E-state index is 0.0178. The van der Waals surface area contributed by atoms with E-state index in [1.54, 1.807) is 0 Å². The van der Waals surface area contributed by atoms with Gasteiger partial charge in [-0.25, -0.2) is 13.8 Å². The Hall–Kier alpha value is -1.72. The van der Waals surface area contributed by atoms with Crippen LogP contribution in [0.2, 0.25) is 0 Å². The van der Waals surface area contributed by atoms with E-state index < -0.39 is 5.92 Å². The molecule has 0 aliphatic rings. The number of nitrogens with one attached hydrogen (secondary N) is 2. The van der Waals surface area contributed by atoms with Gasteiger partial charge in [-0.05, 0) is 12.1 Å². The molecule has 0 fully saturated rings. The first-order valence-electron chi connectivity index (χ1n) is 6.16. The molecule has 0 radical (unpaired) electrons. The quantitative estimate of drug-likeness (QED) is 0.781. The summed E-state index contributed by atoms with van der Waals surface area (Å²) in [4.78, 5) is 15.2. The number of alkyl halides is 2. The van der Waals surface area contributed by atoms with Crippen molar-refractivity contribution in [3.8, 4) is 0 Å². The normalized spacial score (nSPS) is 11.5. The van der Waals surface area contributed by atoms with Crippen LogP contribution in [-0.4, -0.2) is 24.0 Å². The molecule has 0 bridgehead atoms. The summed E-state index contributed by atoms with van der Waals surface area (Å²) < 4.78 is 25.9. The fourth-order valence-corrected chi connectivity index (χ4v) is 1.34. The molecular formula is C13H19F2N3O. The monoisotopic (exact) mass is 271 g/mol. The lowest BCUT2D eigenvalue weighted by molar-refractivity contribution is -0.123. The molecule has 1 amide bonds. The van der Waals surface area contributed by atoms with Gasteiger partial charge in [-0.3, -0.25) is 4.79 Å². The number of halogens is 2. The number of pyridine rings is 1. The summed E-state index contributed by atoms with van der Waals surface area (Å²) in [6, 6.07) is 2.83. The Morgan fingerprint density at radius 1 is 1.37 bits per heavy atom. The highest BCUT2D eigenvalue weighted by atomic mass is 19.3. The first kappa shape index (κ1) is 15.3. The highest BCUT2D eigenvalue weighted by molar-refractivity contribution is 5.77. The van der Waals surface area contributed by atoms with Crippen LogP contribution < -0.4 is 10.6 Å². The van der Waals surface area contributed by atoms with Gasteiger partial charge in [-0.15, -0.1) is 0 Å². The van der Waals surface area contributed by atoms with Crippen LogP contribution in [0.3, 0.4) is 0 Å². The third kappa shape index (κ3) is 5.19. The number of rotatable bonds is 6. The number of carbonyl (C=O) groups is 1. The molecule has 0 unspecified atom stereocenters. The van der Waals surface area contributed by atoms with E-state index in [-0.39, 0.29) is 17.4 Å². The fraction of sp³-hybridized carbons (Fsp3) is 0.538. The predicted octanol–water partition coefficient (Wildman–Crippen LogP) is 2.38.